The molecular formula is C13H20BrN2O2+. The van der Waals surface area contributed by atoms with Crippen LogP contribution in [0, 0.1) is 0 Å². The van der Waals surface area contributed by atoms with Crippen LogP contribution < -0.4 is 15.4 Å². The Bertz CT molecular complexity index is 379. The minimum Gasteiger partial charge on any atom is -0.488 e. The largest absolute Gasteiger partial charge is 0.488 e. The molecule has 1 amide bonds. The molecule has 0 heterocycles. The molecule has 100 valence electrons. The summed E-state index contributed by atoms with van der Waals surface area (Å²) in [5.41, 5.74) is 5.22. The van der Waals surface area contributed by atoms with Crippen LogP contribution >= 0.6 is 15.9 Å². The van der Waals surface area contributed by atoms with Gasteiger partial charge in [0.2, 0.25) is 0 Å². The zero-order valence-corrected chi connectivity index (χ0v) is 12.4. The fourth-order valence-electron chi connectivity index (χ4n) is 1.64. The van der Waals surface area contributed by atoms with E-state index in [1.807, 2.05) is 24.3 Å². The molecule has 1 atom stereocenters. The molecule has 0 fully saturated rings. The normalized spacial score (nSPS) is 12.4. The van der Waals surface area contributed by atoms with Crippen molar-refractivity contribution in [1.82, 2.24) is 0 Å². The molecule has 1 aromatic rings. The SMILES string of the molecule is CC(C)[NH+](CCOc1ccc(Br)cc1)CC(N)=O. The summed E-state index contributed by atoms with van der Waals surface area (Å²) >= 11 is 3.37. The van der Waals surface area contributed by atoms with Crippen LogP contribution in [0.2, 0.25) is 0 Å². The van der Waals surface area contributed by atoms with E-state index < -0.39 is 0 Å². The van der Waals surface area contributed by atoms with Crippen LogP contribution in [-0.4, -0.2) is 31.6 Å². The van der Waals surface area contributed by atoms with Crippen LogP contribution in [0.3, 0.4) is 0 Å². The molecule has 3 N–H and O–H groups in total. The van der Waals surface area contributed by atoms with Crippen LogP contribution in [0.15, 0.2) is 28.7 Å². The van der Waals surface area contributed by atoms with E-state index >= 15 is 0 Å². The zero-order valence-electron chi connectivity index (χ0n) is 10.8. The minimum absolute atomic E-state index is 0.276. The number of benzene rings is 1. The fraction of sp³-hybridized carbons (Fsp3) is 0.462. The Labute approximate surface area is 116 Å². The predicted octanol–water partition coefficient (Wildman–Crippen LogP) is 0.606. The number of primary amides is 1. The first-order valence-corrected chi connectivity index (χ1v) is 6.79. The van der Waals surface area contributed by atoms with Crippen LogP contribution in [0.1, 0.15) is 13.8 Å². The van der Waals surface area contributed by atoms with E-state index in [0.29, 0.717) is 19.2 Å². The average Bonchev–Trinajstić information content (AvgIpc) is 2.29. The number of amides is 1. The third kappa shape index (κ3) is 5.51. The van der Waals surface area contributed by atoms with Gasteiger partial charge in [0.1, 0.15) is 18.9 Å². The first kappa shape index (κ1) is 15.0. The van der Waals surface area contributed by atoms with E-state index in [0.717, 1.165) is 21.7 Å². The van der Waals surface area contributed by atoms with Gasteiger partial charge < -0.3 is 15.4 Å². The van der Waals surface area contributed by atoms with Crippen molar-refractivity contribution in [2.24, 2.45) is 5.73 Å². The van der Waals surface area contributed by atoms with Gasteiger partial charge in [-0.1, -0.05) is 15.9 Å². The van der Waals surface area contributed by atoms with Gasteiger partial charge in [-0.2, -0.15) is 0 Å². The minimum atomic E-state index is -0.276. The summed E-state index contributed by atoms with van der Waals surface area (Å²) in [5.74, 6) is 0.558. The quantitative estimate of drug-likeness (QED) is 0.774. The smallest absolute Gasteiger partial charge is 0.272 e. The highest BCUT2D eigenvalue weighted by molar-refractivity contribution is 9.10. The molecule has 0 aliphatic rings. The second kappa shape index (κ2) is 7.38. The number of carbonyl (C=O) groups excluding carboxylic acids is 1. The maximum Gasteiger partial charge on any atom is 0.272 e. The first-order valence-electron chi connectivity index (χ1n) is 6.00. The van der Waals surface area contributed by atoms with Gasteiger partial charge in [0.25, 0.3) is 5.91 Å². The number of hydrogen-bond acceptors (Lipinski definition) is 2. The fourth-order valence-corrected chi connectivity index (χ4v) is 1.90. The molecule has 1 rings (SSSR count). The monoisotopic (exact) mass is 315 g/mol. The van der Waals surface area contributed by atoms with Gasteiger partial charge in [0.15, 0.2) is 6.54 Å². The van der Waals surface area contributed by atoms with Crippen LogP contribution in [0.25, 0.3) is 0 Å². The number of ether oxygens (including phenoxy) is 1. The highest BCUT2D eigenvalue weighted by Gasteiger charge is 2.15. The lowest BCUT2D eigenvalue weighted by atomic mass is 10.3. The number of nitrogens with two attached hydrogens (primary N) is 1. The van der Waals surface area contributed by atoms with Crippen molar-refractivity contribution in [2.45, 2.75) is 19.9 Å². The molecule has 0 saturated carbocycles. The predicted molar refractivity (Wildman–Crippen MR) is 74.7 cm³/mol. The van der Waals surface area contributed by atoms with E-state index in [9.17, 15) is 4.79 Å². The summed E-state index contributed by atoms with van der Waals surface area (Å²) in [6, 6.07) is 8.05. The summed E-state index contributed by atoms with van der Waals surface area (Å²) < 4.78 is 6.66. The molecule has 5 heteroatoms. The molecule has 1 aromatic carbocycles. The molecule has 0 bridgehead atoms. The Balaban J connectivity index is 2.38. The molecule has 0 aromatic heterocycles. The summed E-state index contributed by atoms with van der Waals surface area (Å²) in [6.45, 7) is 5.82. The van der Waals surface area contributed by atoms with E-state index in [2.05, 4.69) is 29.8 Å². The van der Waals surface area contributed by atoms with Crippen LogP contribution in [0.5, 0.6) is 5.75 Å². The van der Waals surface area contributed by atoms with Crippen molar-refractivity contribution >= 4 is 21.8 Å². The zero-order chi connectivity index (χ0) is 13.5. The lowest BCUT2D eigenvalue weighted by Gasteiger charge is -2.21. The molecular weight excluding hydrogens is 296 g/mol. The van der Waals surface area contributed by atoms with Gasteiger partial charge in [-0.25, -0.2) is 0 Å². The Morgan fingerprint density at radius 3 is 2.50 bits per heavy atom. The van der Waals surface area contributed by atoms with Gasteiger partial charge in [0, 0.05) is 4.47 Å². The second-order valence-corrected chi connectivity index (χ2v) is 5.42. The summed E-state index contributed by atoms with van der Waals surface area (Å²) in [6.07, 6.45) is 0. The van der Waals surface area contributed by atoms with Gasteiger partial charge in [-0.05, 0) is 38.1 Å². The van der Waals surface area contributed by atoms with Crippen molar-refractivity contribution in [3.8, 4) is 5.75 Å². The number of hydrogen-bond donors (Lipinski definition) is 2. The van der Waals surface area contributed by atoms with E-state index in [1.54, 1.807) is 0 Å². The number of quaternary nitrogens is 1. The molecule has 0 aliphatic heterocycles. The Morgan fingerprint density at radius 1 is 1.39 bits per heavy atom. The van der Waals surface area contributed by atoms with Crippen molar-refractivity contribution < 1.29 is 14.4 Å². The summed E-state index contributed by atoms with van der Waals surface area (Å²) in [5, 5.41) is 0. The second-order valence-electron chi connectivity index (χ2n) is 4.51. The van der Waals surface area contributed by atoms with Gasteiger partial charge in [0.05, 0.1) is 6.04 Å². The standard InChI is InChI=1S/C13H19BrN2O2/c1-10(2)16(9-13(15)17)7-8-18-12-5-3-11(14)4-6-12/h3-6,10H,7-9H2,1-2H3,(H2,15,17)/p+1. The topological polar surface area (TPSA) is 56.8 Å². The molecule has 0 spiro atoms. The third-order valence-electron chi connectivity index (χ3n) is 2.72. The first-order chi connectivity index (χ1) is 8.49. The molecule has 18 heavy (non-hydrogen) atoms. The van der Waals surface area contributed by atoms with Gasteiger partial charge in [-0.15, -0.1) is 0 Å². The number of nitrogens with one attached hydrogen (secondary N) is 1. The number of carbonyl (C=O) groups is 1. The highest BCUT2D eigenvalue weighted by atomic mass is 79.9. The Morgan fingerprint density at radius 2 is 2.00 bits per heavy atom. The third-order valence-corrected chi connectivity index (χ3v) is 3.25. The lowest BCUT2D eigenvalue weighted by molar-refractivity contribution is -0.913. The van der Waals surface area contributed by atoms with Crippen molar-refractivity contribution in [3.63, 3.8) is 0 Å². The Kier molecular flexibility index (Phi) is 6.15. The Hall–Kier alpha value is -1.07. The lowest BCUT2D eigenvalue weighted by Crippen LogP contribution is -3.16. The summed E-state index contributed by atoms with van der Waals surface area (Å²) in [4.78, 5) is 12.1. The molecule has 0 saturated heterocycles. The van der Waals surface area contributed by atoms with Crippen LogP contribution in [-0.2, 0) is 4.79 Å². The van der Waals surface area contributed by atoms with E-state index in [-0.39, 0.29) is 5.91 Å². The van der Waals surface area contributed by atoms with E-state index in [4.69, 9.17) is 10.5 Å². The maximum atomic E-state index is 10.9. The van der Waals surface area contributed by atoms with Gasteiger partial charge >= 0.3 is 0 Å². The number of rotatable bonds is 7. The van der Waals surface area contributed by atoms with E-state index in [1.165, 1.54) is 0 Å². The molecule has 0 aliphatic carbocycles. The average molecular weight is 316 g/mol. The maximum absolute atomic E-state index is 10.9. The number of halogens is 1. The molecule has 0 radical (unpaired) electrons. The van der Waals surface area contributed by atoms with Crippen LogP contribution in [0.4, 0.5) is 0 Å². The summed E-state index contributed by atoms with van der Waals surface area (Å²) in [7, 11) is 0. The van der Waals surface area contributed by atoms with Crippen molar-refractivity contribution in [3.05, 3.63) is 28.7 Å². The van der Waals surface area contributed by atoms with Crippen molar-refractivity contribution in [2.75, 3.05) is 19.7 Å². The van der Waals surface area contributed by atoms with Crippen molar-refractivity contribution in [1.29, 1.82) is 0 Å². The highest BCUT2D eigenvalue weighted by Crippen LogP contribution is 2.15. The van der Waals surface area contributed by atoms with Gasteiger partial charge in [-0.3, -0.25) is 4.79 Å². The molecule has 1 unspecified atom stereocenters. The molecule has 4 nitrogen and oxygen atoms in total.